The summed E-state index contributed by atoms with van der Waals surface area (Å²) in [5, 5.41) is 9.73. The average Bonchev–Trinajstić information content (AvgIpc) is 1.99. The minimum absolute atomic E-state index is 0.112. The van der Waals surface area contributed by atoms with Crippen LogP contribution in [0.1, 0.15) is 25.3 Å². The summed E-state index contributed by atoms with van der Waals surface area (Å²) in [6.07, 6.45) is 0. The topological polar surface area (TPSA) is 20.2 Å². The number of hydrogen-bond donors (Lipinski definition) is 1. The van der Waals surface area contributed by atoms with Crippen LogP contribution in [0, 0.1) is 0 Å². The van der Waals surface area contributed by atoms with Gasteiger partial charge in [0, 0.05) is 0 Å². The Morgan fingerprint density at radius 1 is 1.42 bits per heavy atom. The third-order valence-corrected chi connectivity index (χ3v) is 2.60. The van der Waals surface area contributed by atoms with Gasteiger partial charge in [0.15, 0.2) is 0 Å². The van der Waals surface area contributed by atoms with Gasteiger partial charge in [0.1, 0.15) is 5.75 Å². The molecule has 0 amide bonds. The van der Waals surface area contributed by atoms with Crippen molar-refractivity contribution in [3.63, 3.8) is 0 Å². The standard InChI is InChI=1S/C9H10BrClO/c1-5(2)6-3-7(10)9(12)8(11)4-6/h3-5,12H,1-2H3. The van der Waals surface area contributed by atoms with Crippen molar-refractivity contribution in [3.8, 4) is 5.75 Å². The minimum atomic E-state index is 0.112. The van der Waals surface area contributed by atoms with Crippen molar-refractivity contribution in [1.29, 1.82) is 0 Å². The Morgan fingerprint density at radius 3 is 2.42 bits per heavy atom. The molecule has 0 aromatic heterocycles. The van der Waals surface area contributed by atoms with E-state index >= 15 is 0 Å². The lowest BCUT2D eigenvalue weighted by molar-refractivity contribution is 0.472. The Hall–Kier alpha value is -0.210. The Labute approximate surface area is 85.5 Å². The predicted octanol–water partition coefficient (Wildman–Crippen LogP) is 3.93. The molecule has 0 unspecified atom stereocenters. The Kier molecular flexibility index (Phi) is 3.02. The van der Waals surface area contributed by atoms with Crippen molar-refractivity contribution >= 4 is 27.5 Å². The molecule has 0 saturated carbocycles. The molecule has 0 spiro atoms. The van der Waals surface area contributed by atoms with Crippen LogP contribution in [0.25, 0.3) is 0 Å². The van der Waals surface area contributed by atoms with E-state index in [1.807, 2.05) is 6.07 Å². The van der Waals surface area contributed by atoms with Gasteiger partial charge in [-0.15, -0.1) is 0 Å². The molecule has 0 aliphatic carbocycles. The lowest BCUT2D eigenvalue weighted by atomic mass is 10.0. The highest BCUT2D eigenvalue weighted by Crippen LogP contribution is 2.34. The predicted molar refractivity (Wildman–Crippen MR) is 54.9 cm³/mol. The van der Waals surface area contributed by atoms with Crippen LogP contribution in [-0.2, 0) is 0 Å². The highest BCUT2D eigenvalue weighted by atomic mass is 79.9. The molecule has 0 aliphatic heterocycles. The number of phenols is 1. The molecule has 1 aromatic carbocycles. The van der Waals surface area contributed by atoms with E-state index in [2.05, 4.69) is 29.8 Å². The van der Waals surface area contributed by atoms with Gasteiger partial charge in [-0.05, 0) is 39.5 Å². The van der Waals surface area contributed by atoms with Gasteiger partial charge < -0.3 is 5.11 Å². The van der Waals surface area contributed by atoms with Gasteiger partial charge >= 0.3 is 0 Å². The summed E-state index contributed by atoms with van der Waals surface area (Å²) < 4.78 is 0.652. The molecule has 66 valence electrons. The van der Waals surface area contributed by atoms with Gasteiger partial charge in [0.2, 0.25) is 0 Å². The molecule has 0 heterocycles. The summed E-state index contributed by atoms with van der Waals surface area (Å²) in [6.45, 7) is 4.16. The number of benzene rings is 1. The van der Waals surface area contributed by atoms with E-state index < -0.39 is 0 Å². The fourth-order valence-corrected chi connectivity index (χ4v) is 1.74. The number of phenolic OH excluding ortho intramolecular Hbond substituents is 1. The number of hydrogen-bond acceptors (Lipinski definition) is 1. The van der Waals surface area contributed by atoms with Crippen LogP contribution in [0.5, 0.6) is 5.75 Å². The minimum Gasteiger partial charge on any atom is -0.505 e. The molecular formula is C9H10BrClO. The van der Waals surface area contributed by atoms with Crippen LogP contribution in [-0.4, -0.2) is 5.11 Å². The molecule has 1 rings (SSSR count). The fourth-order valence-electron chi connectivity index (χ4n) is 0.918. The maximum atomic E-state index is 9.33. The Morgan fingerprint density at radius 2 is 2.00 bits per heavy atom. The molecule has 0 radical (unpaired) electrons. The van der Waals surface area contributed by atoms with Gasteiger partial charge in [-0.1, -0.05) is 25.4 Å². The lowest BCUT2D eigenvalue weighted by Gasteiger charge is -2.08. The lowest BCUT2D eigenvalue weighted by Crippen LogP contribution is -1.87. The second-order valence-corrected chi connectivity index (χ2v) is 4.25. The van der Waals surface area contributed by atoms with Gasteiger partial charge in [0.05, 0.1) is 9.50 Å². The molecule has 1 aromatic rings. The first kappa shape index (κ1) is 9.87. The van der Waals surface area contributed by atoms with Crippen molar-refractivity contribution in [1.82, 2.24) is 0 Å². The number of halogens is 2. The molecule has 1 nitrogen and oxygen atoms in total. The molecule has 0 fully saturated rings. The maximum Gasteiger partial charge on any atom is 0.148 e. The summed E-state index contributed by atoms with van der Waals surface area (Å²) >= 11 is 9.01. The van der Waals surface area contributed by atoms with Crippen LogP contribution in [0.4, 0.5) is 0 Å². The van der Waals surface area contributed by atoms with Crippen LogP contribution >= 0.6 is 27.5 Å². The highest BCUT2D eigenvalue weighted by Gasteiger charge is 2.07. The fraction of sp³-hybridized carbons (Fsp3) is 0.333. The zero-order chi connectivity index (χ0) is 9.30. The second-order valence-electron chi connectivity index (χ2n) is 2.99. The molecular weight excluding hydrogens is 239 g/mol. The first-order valence-electron chi connectivity index (χ1n) is 3.70. The average molecular weight is 250 g/mol. The van der Waals surface area contributed by atoms with Crippen LogP contribution < -0.4 is 0 Å². The molecule has 0 bridgehead atoms. The van der Waals surface area contributed by atoms with Crippen molar-refractivity contribution in [3.05, 3.63) is 27.2 Å². The Bertz CT molecular complexity index is 274. The summed E-state index contributed by atoms with van der Waals surface area (Å²) in [7, 11) is 0. The molecule has 1 N–H and O–H groups in total. The number of aromatic hydroxyl groups is 1. The monoisotopic (exact) mass is 248 g/mol. The summed E-state index contributed by atoms with van der Waals surface area (Å²) in [5.41, 5.74) is 1.12. The molecule has 0 aliphatic rings. The van der Waals surface area contributed by atoms with Crippen molar-refractivity contribution in [2.45, 2.75) is 19.8 Å². The summed E-state index contributed by atoms with van der Waals surface area (Å²) in [4.78, 5) is 0. The van der Waals surface area contributed by atoms with E-state index in [1.54, 1.807) is 6.07 Å². The van der Waals surface area contributed by atoms with Gasteiger partial charge in [0.25, 0.3) is 0 Å². The van der Waals surface area contributed by atoms with Gasteiger partial charge in [-0.25, -0.2) is 0 Å². The van der Waals surface area contributed by atoms with E-state index in [1.165, 1.54) is 0 Å². The van der Waals surface area contributed by atoms with Crippen LogP contribution in [0.15, 0.2) is 16.6 Å². The first-order valence-corrected chi connectivity index (χ1v) is 4.87. The quantitative estimate of drug-likeness (QED) is 0.799. The summed E-state index contributed by atoms with van der Waals surface area (Å²) in [5.74, 6) is 0.528. The Balaban J connectivity index is 3.21. The maximum absolute atomic E-state index is 9.33. The second kappa shape index (κ2) is 3.67. The largest absolute Gasteiger partial charge is 0.505 e. The molecule has 0 saturated heterocycles. The molecule has 3 heteroatoms. The van der Waals surface area contributed by atoms with E-state index in [-0.39, 0.29) is 5.75 Å². The first-order chi connectivity index (χ1) is 5.52. The van der Waals surface area contributed by atoms with E-state index in [0.717, 1.165) is 5.56 Å². The van der Waals surface area contributed by atoms with E-state index in [4.69, 9.17) is 11.6 Å². The normalized spacial score (nSPS) is 10.8. The third kappa shape index (κ3) is 1.93. The smallest absolute Gasteiger partial charge is 0.148 e. The van der Waals surface area contributed by atoms with E-state index in [9.17, 15) is 5.11 Å². The number of rotatable bonds is 1. The van der Waals surface area contributed by atoms with Gasteiger partial charge in [-0.2, -0.15) is 0 Å². The van der Waals surface area contributed by atoms with Crippen LogP contribution in [0.2, 0.25) is 5.02 Å². The third-order valence-electron chi connectivity index (χ3n) is 1.71. The highest BCUT2D eigenvalue weighted by molar-refractivity contribution is 9.10. The van der Waals surface area contributed by atoms with Crippen LogP contribution in [0.3, 0.4) is 0 Å². The zero-order valence-electron chi connectivity index (χ0n) is 6.94. The van der Waals surface area contributed by atoms with Crippen molar-refractivity contribution in [2.75, 3.05) is 0 Å². The van der Waals surface area contributed by atoms with Crippen molar-refractivity contribution < 1.29 is 5.11 Å². The molecule has 12 heavy (non-hydrogen) atoms. The molecule has 0 atom stereocenters. The van der Waals surface area contributed by atoms with E-state index in [0.29, 0.717) is 15.4 Å². The van der Waals surface area contributed by atoms with Crippen molar-refractivity contribution in [2.24, 2.45) is 0 Å². The van der Waals surface area contributed by atoms with Gasteiger partial charge in [-0.3, -0.25) is 0 Å². The SMILES string of the molecule is CC(C)c1cc(Cl)c(O)c(Br)c1. The summed E-state index contributed by atoms with van der Waals surface area (Å²) in [6, 6.07) is 3.66. The zero-order valence-corrected chi connectivity index (χ0v) is 9.28.